The number of aromatic nitrogens is 1. The predicted molar refractivity (Wildman–Crippen MR) is 138 cm³/mol. The van der Waals surface area contributed by atoms with Crippen molar-refractivity contribution in [2.24, 2.45) is 4.99 Å². The Balaban J connectivity index is 1.43. The number of aryl methyl sites for hydroxylation is 1. The van der Waals surface area contributed by atoms with Crippen molar-refractivity contribution in [1.82, 2.24) is 9.88 Å². The zero-order valence-electron chi connectivity index (χ0n) is 18.0. The second-order valence-corrected chi connectivity index (χ2v) is 10.6. The lowest BCUT2D eigenvalue weighted by atomic mass is 10.3. The number of amidine groups is 1. The summed E-state index contributed by atoms with van der Waals surface area (Å²) in [5, 5.41) is 2.88. The lowest BCUT2D eigenvalue weighted by Gasteiger charge is -2.17. The molecule has 1 fully saturated rings. The monoisotopic (exact) mass is 478 g/mol. The first-order chi connectivity index (χ1) is 15.6. The lowest BCUT2D eigenvalue weighted by molar-refractivity contribution is -0.122. The summed E-state index contributed by atoms with van der Waals surface area (Å²) in [5.74, 6) is 0.00207. The molecule has 2 aliphatic rings. The van der Waals surface area contributed by atoms with E-state index in [0.29, 0.717) is 16.6 Å². The number of nitrogens with zero attached hydrogens (tertiary/aromatic N) is 4. The van der Waals surface area contributed by atoms with Crippen LogP contribution >= 0.6 is 34.9 Å². The van der Waals surface area contributed by atoms with Crippen LogP contribution in [0.1, 0.15) is 18.9 Å². The highest BCUT2D eigenvalue weighted by Crippen LogP contribution is 2.45. The molecule has 1 saturated heterocycles. The highest BCUT2D eigenvalue weighted by molar-refractivity contribution is 8.18. The van der Waals surface area contributed by atoms with Gasteiger partial charge < -0.3 is 4.90 Å². The number of rotatable bonds is 4. The highest BCUT2D eigenvalue weighted by Gasteiger charge is 2.32. The van der Waals surface area contributed by atoms with E-state index in [1.54, 1.807) is 28.0 Å². The van der Waals surface area contributed by atoms with Gasteiger partial charge in [0.25, 0.3) is 5.91 Å². The molecule has 0 aliphatic carbocycles. The third-order valence-electron chi connectivity index (χ3n) is 5.24. The standard InChI is InChI=1S/C24H22N4OS3/c1-4-27-18-8-6-7-9-20(18)31-22(27)13-12-21-23(29)28(5-2)24(32-21)26-16-10-11-19-17(14-16)25-15(3)30-19/h6-14H,4-5H2,1-3H3. The number of anilines is 1. The van der Waals surface area contributed by atoms with E-state index in [9.17, 15) is 4.79 Å². The zero-order valence-corrected chi connectivity index (χ0v) is 20.5. The summed E-state index contributed by atoms with van der Waals surface area (Å²) in [6.45, 7) is 7.59. The molecule has 32 heavy (non-hydrogen) atoms. The summed E-state index contributed by atoms with van der Waals surface area (Å²) in [6.07, 6.45) is 3.98. The second-order valence-electron chi connectivity index (χ2n) is 7.28. The number of hydrogen-bond donors (Lipinski definition) is 0. The first-order valence-corrected chi connectivity index (χ1v) is 12.9. The van der Waals surface area contributed by atoms with E-state index in [0.717, 1.165) is 32.5 Å². The van der Waals surface area contributed by atoms with E-state index in [1.807, 2.05) is 38.1 Å². The van der Waals surface area contributed by atoms with Gasteiger partial charge in [0.2, 0.25) is 0 Å². The minimum atomic E-state index is 0.00207. The smallest absolute Gasteiger partial charge is 0.266 e. The number of allylic oxidation sites excluding steroid dienone is 2. The first-order valence-electron chi connectivity index (χ1n) is 10.5. The van der Waals surface area contributed by atoms with Crippen molar-refractivity contribution in [3.63, 3.8) is 0 Å². The van der Waals surface area contributed by atoms with E-state index in [4.69, 9.17) is 4.99 Å². The van der Waals surface area contributed by atoms with Crippen LogP contribution < -0.4 is 4.90 Å². The average Bonchev–Trinajstić information content (AvgIpc) is 3.43. The normalized spacial score (nSPS) is 19.8. The van der Waals surface area contributed by atoms with Gasteiger partial charge in [0, 0.05) is 18.0 Å². The van der Waals surface area contributed by atoms with Gasteiger partial charge in [0.15, 0.2) is 5.17 Å². The molecule has 5 rings (SSSR count). The van der Waals surface area contributed by atoms with Gasteiger partial charge in [-0.3, -0.25) is 9.69 Å². The van der Waals surface area contributed by atoms with Crippen LogP contribution in [-0.2, 0) is 4.79 Å². The molecule has 0 spiro atoms. The topological polar surface area (TPSA) is 48.8 Å². The number of thioether (sulfide) groups is 2. The maximum Gasteiger partial charge on any atom is 0.266 e. The van der Waals surface area contributed by atoms with Gasteiger partial charge in [0.05, 0.1) is 36.5 Å². The number of carbonyl (C=O) groups excluding carboxylic acids is 1. The van der Waals surface area contributed by atoms with E-state index in [2.05, 4.69) is 47.1 Å². The minimum Gasteiger partial charge on any atom is -0.335 e. The van der Waals surface area contributed by atoms with Crippen LogP contribution in [0.15, 0.2) is 74.4 Å². The molecule has 162 valence electrons. The van der Waals surface area contributed by atoms with Gasteiger partial charge in [-0.05, 0) is 75.0 Å². The molecule has 0 atom stereocenters. The molecule has 1 amide bonds. The van der Waals surface area contributed by atoms with E-state index < -0.39 is 0 Å². The van der Waals surface area contributed by atoms with Crippen LogP contribution in [0.4, 0.5) is 11.4 Å². The fraction of sp³-hybridized carbons (Fsp3) is 0.208. The molecule has 3 aromatic rings. The molecule has 0 radical (unpaired) electrons. The molecule has 2 aliphatic heterocycles. The largest absolute Gasteiger partial charge is 0.335 e. The molecule has 5 nitrogen and oxygen atoms in total. The minimum absolute atomic E-state index is 0.00207. The van der Waals surface area contributed by atoms with Crippen LogP contribution in [-0.4, -0.2) is 34.0 Å². The Morgan fingerprint density at radius 3 is 2.66 bits per heavy atom. The Kier molecular flexibility index (Phi) is 5.84. The summed E-state index contributed by atoms with van der Waals surface area (Å²) >= 11 is 4.84. The van der Waals surface area contributed by atoms with Gasteiger partial charge >= 0.3 is 0 Å². The van der Waals surface area contributed by atoms with Gasteiger partial charge in [-0.15, -0.1) is 11.3 Å². The van der Waals surface area contributed by atoms with Gasteiger partial charge in [-0.1, -0.05) is 23.9 Å². The summed E-state index contributed by atoms with van der Waals surface area (Å²) in [5.41, 5.74) is 2.99. The number of amides is 1. The number of hydrogen-bond acceptors (Lipinski definition) is 7. The molecule has 1 aromatic heterocycles. The number of thiazole rings is 1. The lowest BCUT2D eigenvalue weighted by Crippen LogP contribution is -2.28. The summed E-state index contributed by atoms with van der Waals surface area (Å²) < 4.78 is 1.15. The number of aliphatic imine (C=N–C) groups is 1. The van der Waals surface area contributed by atoms with Gasteiger partial charge in [-0.25, -0.2) is 9.98 Å². The quantitative estimate of drug-likeness (QED) is 0.398. The number of benzene rings is 2. The molecule has 3 heterocycles. The van der Waals surface area contributed by atoms with Gasteiger partial charge in [-0.2, -0.15) is 0 Å². The van der Waals surface area contributed by atoms with E-state index >= 15 is 0 Å². The summed E-state index contributed by atoms with van der Waals surface area (Å²) in [4.78, 5) is 28.3. The number of fused-ring (bicyclic) bond motifs is 2. The highest BCUT2D eigenvalue weighted by atomic mass is 32.2. The summed E-state index contributed by atoms with van der Waals surface area (Å²) in [6, 6.07) is 14.4. The van der Waals surface area contributed by atoms with Crippen LogP contribution in [0.25, 0.3) is 10.2 Å². The van der Waals surface area contributed by atoms with Crippen LogP contribution in [0, 0.1) is 6.92 Å². The van der Waals surface area contributed by atoms with Crippen molar-refractivity contribution in [2.45, 2.75) is 25.7 Å². The molecule has 0 N–H and O–H groups in total. The Morgan fingerprint density at radius 1 is 1.03 bits per heavy atom. The predicted octanol–water partition coefficient (Wildman–Crippen LogP) is 6.55. The van der Waals surface area contributed by atoms with Crippen LogP contribution in [0.2, 0.25) is 0 Å². The van der Waals surface area contributed by atoms with Crippen LogP contribution in [0.5, 0.6) is 0 Å². The molecule has 8 heteroatoms. The molecular formula is C24H22N4OS3. The molecule has 0 unspecified atom stereocenters. The Bertz CT molecular complexity index is 1310. The van der Waals surface area contributed by atoms with Crippen molar-refractivity contribution in [3.05, 3.63) is 69.6 Å². The maximum atomic E-state index is 13.0. The second kappa shape index (κ2) is 8.77. The van der Waals surface area contributed by atoms with Crippen molar-refractivity contribution < 1.29 is 4.79 Å². The van der Waals surface area contributed by atoms with E-state index in [1.165, 1.54) is 22.3 Å². The Morgan fingerprint density at radius 2 is 1.84 bits per heavy atom. The third-order valence-corrected chi connectivity index (χ3v) is 8.34. The van der Waals surface area contributed by atoms with Crippen molar-refractivity contribution in [1.29, 1.82) is 0 Å². The zero-order chi connectivity index (χ0) is 22.2. The number of para-hydroxylation sites is 1. The number of carbonyl (C=O) groups is 1. The summed E-state index contributed by atoms with van der Waals surface area (Å²) in [7, 11) is 0. The Labute approximate surface area is 199 Å². The Hall–Kier alpha value is -2.55. The molecule has 2 aromatic carbocycles. The van der Waals surface area contributed by atoms with Crippen molar-refractivity contribution in [3.8, 4) is 0 Å². The average molecular weight is 479 g/mol. The molecule has 0 bridgehead atoms. The van der Waals surface area contributed by atoms with Crippen molar-refractivity contribution >= 4 is 67.5 Å². The third kappa shape index (κ3) is 3.87. The van der Waals surface area contributed by atoms with E-state index in [-0.39, 0.29) is 5.91 Å². The number of likely N-dealkylation sites (N-methyl/N-ethyl adjacent to an activating group) is 1. The molecule has 0 saturated carbocycles. The fourth-order valence-electron chi connectivity index (χ4n) is 3.75. The van der Waals surface area contributed by atoms with Crippen LogP contribution in [0.3, 0.4) is 0 Å². The SMILES string of the molecule is CCN1C(=O)C(=CC=C2Sc3ccccc3N2CC)SC1=Nc1ccc2sc(C)nc2c1. The molecular weight excluding hydrogens is 456 g/mol. The maximum absolute atomic E-state index is 13.0. The van der Waals surface area contributed by atoms with Crippen molar-refractivity contribution in [2.75, 3.05) is 18.0 Å². The fourth-order valence-corrected chi connectivity index (χ4v) is 6.68. The first kappa shape index (κ1) is 21.3. The van der Waals surface area contributed by atoms with Gasteiger partial charge in [0.1, 0.15) is 0 Å².